The van der Waals surface area contributed by atoms with Gasteiger partial charge in [-0.1, -0.05) is 0 Å². The van der Waals surface area contributed by atoms with Gasteiger partial charge in [0.2, 0.25) is 5.95 Å². The molecular weight excluding hydrogens is 202 g/mol. The zero-order valence-electron chi connectivity index (χ0n) is 9.88. The van der Waals surface area contributed by atoms with Crippen molar-refractivity contribution in [3.05, 3.63) is 30.4 Å². The van der Waals surface area contributed by atoms with E-state index in [-0.39, 0.29) is 0 Å². The van der Waals surface area contributed by atoms with E-state index in [2.05, 4.69) is 33.8 Å². The number of nitrogens with zero attached hydrogens (tertiary/aromatic N) is 4. The summed E-state index contributed by atoms with van der Waals surface area (Å²) < 4.78 is 3.90. The van der Waals surface area contributed by atoms with Gasteiger partial charge in [-0.25, -0.2) is 4.98 Å². The van der Waals surface area contributed by atoms with Gasteiger partial charge >= 0.3 is 0 Å². The van der Waals surface area contributed by atoms with Crippen molar-refractivity contribution < 1.29 is 0 Å². The van der Waals surface area contributed by atoms with Crippen molar-refractivity contribution in [3.63, 3.8) is 0 Å². The molecule has 0 unspecified atom stereocenters. The highest BCUT2D eigenvalue weighted by Crippen LogP contribution is 2.12. The Labute approximate surface area is 95.1 Å². The summed E-state index contributed by atoms with van der Waals surface area (Å²) in [5.74, 6) is 0.889. The Morgan fingerprint density at radius 1 is 1.38 bits per heavy atom. The van der Waals surface area contributed by atoms with Gasteiger partial charge in [-0.3, -0.25) is 4.68 Å². The van der Waals surface area contributed by atoms with Crippen molar-refractivity contribution in [2.45, 2.75) is 26.4 Å². The molecule has 0 saturated heterocycles. The highest BCUT2D eigenvalue weighted by atomic mass is 15.3. The summed E-state index contributed by atoms with van der Waals surface area (Å²) in [6, 6.07) is 2.41. The quantitative estimate of drug-likeness (QED) is 0.853. The highest BCUT2D eigenvalue weighted by Gasteiger charge is 2.05. The van der Waals surface area contributed by atoms with Crippen LogP contribution in [0, 0.1) is 0 Å². The molecule has 0 bridgehead atoms. The minimum absolute atomic E-state index is 0.411. The third-order valence-electron chi connectivity index (χ3n) is 2.42. The molecule has 0 aliphatic rings. The van der Waals surface area contributed by atoms with Gasteiger partial charge in [-0.05, 0) is 19.9 Å². The van der Waals surface area contributed by atoms with E-state index < -0.39 is 0 Å². The Balaban J connectivity index is 2.02. The van der Waals surface area contributed by atoms with Crippen LogP contribution in [0.1, 0.15) is 25.6 Å². The Kier molecular flexibility index (Phi) is 2.94. The monoisotopic (exact) mass is 219 g/mol. The third kappa shape index (κ3) is 2.24. The normalized spacial score (nSPS) is 11.0. The lowest BCUT2D eigenvalue weighted by molar-refractivity contribution is 0.604. The lowest BCUT2D eigenvalue weighted by Gasteiger charge is -2.11. The molecule has 2 heterocycles. The zero-order chi connectivity index (χ0) is 11.5. The molecule has 0 saturated carbocycles. The third-order valence-corrected chi connectivity index (χ3v) is 2.42. The number of aryl methyl sites for hydroxylation is 1. The molecule has 0 amide bonds. The van der Waals surface area contributed by atoms with Crippen LogP contribution in [0.5, 0.6) is 0 Å². The average Bonchev–Trinajstić information content (AvgIpc) is 2.83. The Morgan fingerprint density at radius 2 is 2.19 bits per heavy atom. The summed E-state index contributed by atoms with van der Waals surface area (Å²) >= 11 is 0. The topological polar surface area (TPSA) is 47.7 Å². The highest BCUT2D eigenvalue weighted by molar-refractivity contribution is 5.27. The number of hydrogen-bond acceptors (Lipinski definition) is 3. The Bertz CT molecular complexity index is 454. The van der Waals surface area contributed by atoms with Gasteiger partial charge < -0.3 is 9.88 Å². The lowest BCUT2D eigenvalue weighted by Crippen LogP contribution is -2.09. The molecule has 0 spiro atoms. The molecule has 0 aromatic carbocycles. The van der Waals surface area contributed by atoms with Crippen LogP contribution in [0.25, 0.3) is 0 Å². The summed E-state index contributed by atoms with van der Waals surface area (Å²) in [7, 11) is 1.92. The second kappa shape index (κ2) is 4.38. The Morgan fingerprint density at radius 3 is 2.81 bits per heavy atom. The molecule has 2 aromatic rings. The first-order valence-corrected chi connectivity index (χ1v) is 5.42. The van der Waals surface area contributed by atoms with Crippen molar-refractivity contribution in [2.24, 2.45) is 7.05 Å². The van der Waals surface area contributed by atoms with Gasteiger partial charge in [-0.15, -0.1) is 0 Å². The molecule has 0 aliphatic heterocycles. The minimum Gasteiger partial charge on any atom is -0.350 e. The van der Waals surface area contributed by atoms with E-state index in [0.717, 1.165) is 11.6 Å². The first kappa shape index (κ1) is 10.7. The summed E-state index contributed by atoms with van der Waals surface area (Å²) in [6.07, 6.45) is 5.72. The van der Waals surface area contributed by atoms with Crippen molar-refractivity contribution >= 4 is 5.95 Å². The molecule has 16 heavy (non-hydrogen) atoms. The van der Waals surface area contributed by atoms with E-state index in [1.807, 2.05) is 25.5 Å². The van der Waals surface area contributed by atoms with Crippen molar-refractivity contribution in [3.8, 4) is 0 Å². The molecular formula is C11H17N5. The van der Waals surface area contributed by atoms with Crippen molar-refractivity contribution in [1.82, 2.24) is 19.3 Å². The lowest BCUT2D eigenvalue weighted by atomic mass is 10.4. The average molecular weight is 219 g/mol. The van der Waals surface area contributed by atoms with Crippen molar-refractivity contribution in [1.29, 1.82) is 0 Å². The number of nitrogens with one attached hydrogen (secondary N) is 1. The van der Waals surface area contributed by atoms with Crippen LogP contribution in [0.3, 0.4) is 0 Å². The predicted molar refractivity (Wildman–Crippen MR) is 63.1 cm³/mol. The maximum atomic E-state index is 4.30. The van der Waals surface area contributed by atoms with Gasteiger partial charge in [0.15, 0.2) is 0 Å². The number of aromatic nitrogens is 4. The van der Waals surface area contributed by atoms with Crippen LogP contribution < -0.4 is 5.32 Å². The van der Waals surface area contributed by atoms with Gasteiger partial charge in [0.25, 0.3) is 0 Å². The number of hydrogen-bond donors (Lipinski definition) is 1. The fourth-order valence-corrected chi connectivity index (χ4v) is 1.59. The van der Waals surface area contributed by atoms with Gasteiger partial charge in [0, 0.05) is 31.7 Å². The largest absolute Gasteiger partial charge is 0.350 e. The van der Waals surface area contributed by atoms with Crippen LogP contribution in [0.2, 0.25) is 0 Å². The van der Waals surface area contributed by atoms with E-state index in [9.17, 15) is 0 Å². The molecule has 0 radical (unpaired) electrons. The molecule has 5 nitrogen and oxygen atoms in total. The van der Waals surface area contributed by atoms with Crippen LogP contribution in [0.4, 0.5) is 5.95 Å². The summed E-state index contributed by atoms with van der Waals surface area (Å²) in [5, 5.41) is 7.58. The fourth-order valence-electron chi connectivity index (χ4n) is 1.59. The van der Waals surface area contributed by atoms with Crippen LogP contribution in [0.15, 0.2) is 24.7 Å². The predicted octanol–water partition coefficient (Wildman–Crippen LogP) is 1.81. The van der Waals surface area contributed by atoms with Crippen LogP contribution in [-0.4, -0.2) is 19.3 Å². The van der Waals surface area contributed by atoms with Gasteiger partial charge in [0.1, 0.15) is 0 Å². The second-order valence-electron chi connectivity index (χ2n) is 4.09. The Hall–Kier alpha value is -1.78. The molecule has 5 heteroatoms. The zero-order valence-corrected chi connectivity index (χ0v) is 9.88. The van der Waals surface area contributed by atoms with E-state index in [0.29, 0.717) is 12.6 Å². The smallest absolute Gasteiger partial charge is 0.203 e. The van der Waals surface area contributed by atoms with Gasteiger partial charge in [-0.2, -0.15) is 5.10 Å². The first-order chi connectivity index (χ1) is 7.66. The van der Waals surface area contributed by atoms with E-state index in [1.54, 1.807) is 10.9 Å². The number of anilines is 1. The van der Waals surface area contributed by atoms with Crippen LogP contribution in [-0.2, 0) is 13.6 Å². The molecule has 86 valence electrons. The minimum atomic E-state index is 0.411. The van der Waals surface area contributed by atoms with Crippen molar-refractivity contribution in [2.75, 3.05) is 5.32 Å². The molecule has 0 fully saturated rings. The van der Waals surface area contributed by atoms with Crippen LogP contribution >= 0.6 is 0 Å². The number of rotatable bonds is 4. The second-order valence-corrected chi connectivity index (χ2v) is 4.09. The first-order valence-electron chi connectivity index (χ1n) is 5.42. The van der Waals surface area contributed by atoms with E-state index >= 15 is 0 Å². The fraction of sp³-hybridized carbons (Fsp3) is 0.455. The molecule has 2 aromatic heterocycles. The summed E-state index contributed by atoms with van der Waals surface area (Å²) in [4.78, 5) is 4.28. The maximum Gasteiger partial charge on any atom is 0.203 e. The molecule has 1 N–H and O–H groups in total. The molecule has 0 atom stereocenters. The SMILES string of the molecule is CC(C)n1ccnc1NCc1ccn(C)n1. The standard InChI is InChI=1S/C11H17N5/c1-9(2)16-7-5-12-11(16)13-8-10-4-6-15(3)14-10/h4-7,9H,8H2,1-3H3,(H,12,13). The van der Waals surface area contributed by atoms with Gasteiger partial charge in [0.05, 0.1) is 12.2 Å². The number of imidazole rings is 1. The molecule has 2 rings (SSSR count). The maximum absolute atomic E-state index is 4.30. The summed E-state index contributed by atoms with van der Waals surface area (Å²) in [6.45, 7) is 4.96. The van der Waals surface area contributed by atoms with E-state index in [1.165, 1.54) is 0 Å². The molecule has 0 aliphatic carbocycles. The van der Waals surface area contributed by atoms with E-state index in [4.69, 9.17) is 0 Å². The summed E-state index contributed by atoms with van der Waals surface area (Å²) in [5.41, 5.74) is 1.01.